The SMILES string of the molecule is Cc1ncc(-c2cc3c(N(C(=O)c4ccc(-n5nnc6cccnc65)cc4F)[C@@H]4CCCNC4)nccc3s2)s1. The molecule has 0 aliphatic carbocycles. The van der Waals surface area contributed by atoms with Crippen molar-refractivity contribution in [1.29, 1.82) is 0 Å². The number of halogens is 1. The number of aryl methyl sites for hydroxylation is 1. The summed E-state index contributed by atoms with van der Waals surface area (Å²) in [5.41, 5.74) is 1.51. The van der Waals surface area contributed by atoms with Gasteiger partial charge in [-0.15, -0.1) is 27.8 Å². The number of thiazole rings is 1. The number of amides is 1. The van der Waals surface area contributed by atoms with Crippen LogP contribution in [0.4, 0.5) is 10.2 Å². The van der Waals surface area contributed by atoms with Crippen LogP contribution in [0, 0.1) is 12.7 Å². The van der Waals surface area contributed by atoms with Crippen molar-refractivity contribution in [2.24, 2.45) is 0 Å². The summed E-state index contributed by atoms with van der Waals surface area (Å²) < 4.78 is 18.2. The van der Waals surface area contributed by atoms with Crippen LogP contribution in [0.3, 0.4) is 0 Å². The van der Waals surface area contributed by atoms with Gasteiger partial charge in [0.2, 0.25) is 0 Å². The van der Waals surface area contributed by atoms with Gasteiger partial charge >= 0.3 is 0 Å². The van der Waals surface area contributed by atoms with E-state index in [-0.39, 0.29) is 11.6 Å². The molecule has 12 heteroatoms. The highest BCUT2D eigenvalue weighted by atomic mass is 32.1. The van der Waals surface area contributed by atoms with Crippen molar-refractivity contribution in [3.8, 4) is 15.4 Å². The van der Waals surface area contributed by atoms with Crippen LogP contribution in [-0.4, -0.2) is 55.0 Å². The second-order valence-electron chi connectivity index (χ2n) is 9.59. The van der Waals surface area contributed by atoms with E-state index in [9.17, 15) is 4.79 Å². The molecule has 1 N–H and O–H groups in total. The fourth-order valence-corrected chi connectivity index (χ4v) is 7.00. The molecule has 1 aromatic carbocycles. The maximum absolute atomic E-state index is 15.7. The normalized spacial score (nSPS) is 15.6. The molecule has 1 fully saturated rings. The number of carbonyl (C=O) groups is 1. The molecule has 1 atom stereocenters. The van der Waals surface area contributed by atoms with Crippen LogP contribution in [0.1, 0.15) is 28.2 Å². The van der Waals surface area contributed by atoms with Crippen molar-refractivity contribution in [1.82, 2.24) is 35.3 Å². The molecule has 6 aromatic rings. The molecule has 0 spiro atoms. The molecule has 1 aliphatic rings. The Balaban J connectivity index is 1.31. The second-order valence-corrected chi connectivity index (χ2v) is 11.9. The Labute approximate surface area is 236 Å². The molecule has 9 nitrogen and oxygen atoms in total. The van der Waals surface area contributed by atoms with Gasteiger partial charge in [-0.25, -0.2) is 19.3 Å². The zero-order valence-corrected chi connectivity index (χ0v) is 23.0. The number of piperidine rings is 1. The number of aromatic nitrogens is 6. The summed E-state index contributed by atoms with van der Waals surface area (Å²) in [5.74, 6) is -0.537. The smallest absolute Gasteiger partial charge is 0.262 e. The molecule has 0 radical (unpaired) electrons. The molecule has 0 unspecified atom stereocenters. The molecule has 6 heterocycles. The number of nitrogens with zero attached hydrogens (tertiary/aromatic N) is 7. The fourth-order valence-electron chi connectivity index (χ4n) is 5.10. The lowest BCUT2D eigenvalue weighted by atomic mass is 10.0. The van der Waals surface area contributed by atoms with E-state index in [1.807, 2.05) is 19.2 Å². The van der Waals surface area contributed by atoms with Crippen molar-refractivity contribution in [2.75, 3.05) is 18.0 Å². The Kier molecular flexibility index (Phi) is 6.29. The molecule has 200 valence electrons. The van der Waals surface area contributed by atoms with Crippen LogP contribution in [-0.2, 0) is 0 Å². The predicted octanol–water partition coefficient (Wildman–Crippen LogP) is 5.40. The number of benzene rings is 1. The zero-order chi connectivity index (χ0) is 27.2. The second kappa shape index (κ2) is 10.1. The molecule has 40 heavy (non-hydrogen) atoms. The van der Waals surface area contributed by atoms with Gasteiger partial charge in [0.25, 0.3) is 5.91 Å². The molecule has 1 amide bonds. The number of hydrogen-bond acceptors (Lipinski definition) is 9. The number of thiophene rings is 1. The van der Waals surface area contributed by atoms with E-state index < -0.39 is 11.7 Å². The maximum atomic E-state index is 15.7. The minimum absolute atomic E-state index is 0.0287. The van der Waals surface area contributed by atoms with Gasteiger partial charge in [0.05, 0.1) is 27.2 Å². The van der Waals surface area contributed by atoms with Gasteiger partial charge in [-0.05, 0) is 62.7 Å². The molecule has 7 rings (SSSR count). The third-order valence-corrected chi connectivity index (χ3v) is 9.22. The molecular formula is C28H23FN8OS2. The average Bonchev–Trinajstić information content (AvgIpc) is 3.72. The zero-order valence-electron chi connectivity index (χ0n) is 21.4. The van der Waals surface area contributed by atoms with Crippen molar-refractivity contribution >= 4 is 55.6 Å². The lowest BCUT2D eigenvalue weighted by Crippen LogP contribution is -2.49. The highest BCUT2D eigenvalue weighted by molar-refractivity contribution is 7.26. The minimum Gasteiger partial charge on any atom is -0.315 e. The standard InChI is InChI=1S/C28H23FN8OS2/c1-16-33-15-25(39-16)24-13-20-23(40-24)8-11-32-26(20)36(18-4-2-9-30-14-18)28(38)19-7-6-17(12-21(19)29)37-27-22(34-35-37)5-3-10-31-27/h3,5-8,10-13,15,18,30H,2,4,9,14H2,1H3/t18-/m1/s1. The predicted molar refractivity (Wildman–Crippen MR) is 155 cm³/mol. The summed E-state index contributed by atoms with van der Waals surface area (Å²) in [6.45, 7) is 3.46. The lowest BCUT2D eigenvalue weighted by Gasteiger charge is -2.34. The van der Waals surface area contributed by atoms with Crippen LogP contribution < -0.4 is 10.2 Å². The van der Waals surface area contributed by atoms with Gasteiger partial charge in [0, 0.05) is 46.2 Å². The van der Waals surface area contributed by atoms with Crippen LogP contribution >= 0.6 is 22.7 Å². The Bertz CT molecular complexity index is 1870. The van der Waals surface area contributed by atoms with E-state index in [0.717, 1.165) is 44.2 Å². The Morgan fingerprint density at radius 3 is 2.83 bits per heavy atom. The number of rotatable bonds is 5. The lowest BCUT2D eigenvalue weighted by molar-refractivity contribution is 0.0968. The van der Waals surface area contributed by atoms with E-state index in [2.05, 4.69) is 36.6 Å². The van der Waals surface area contributed by atoms with E-state index in [1.165, 1.54) is 16.8 Å². The van der Waals surface area contributed by atoms with Gasteiger partial charge in [0.15, 0.2) is 5.65 Å². The van der Waals surface area contributed by atoms with Crippen molar-refractivity contribution in [2.45, 2.75) is 25.8 Å². The first kappa shape index (κ1) is 24.9. The van der Waals surface area contributed by atoms with Gasteiger partial charge in [-0.2, -0.15) is 4.68 Å². The van der Waals surface area contributed by atoms with Crippen molar-refractivity contribution < 1.29 is 9.18 Å². The third kappa shape index (κ3) is 4.34. The summed E-state index contributed by atoms with van der Waals surface area (Å²) in [6.07, 6.45) is 6.92. The quantitative estimate of drug-likeness (QED) is 0.296. The van der Waals surface area contributed by atoms with Crippen LogP contribution in [0.25, 0.3) is 36.7 Å². The summed E-state index contributed by atoms with van der Waals surface area (Å²) in [5, 5.41) is 13.5. The molecule has 5 aromatic heterocycles. The van der Waals surface area contributed by atoms with Crippen LogP contribution in [0.2, 0.25) is 0 Å². The molecule has 1 aliphatic heterocycles. The average molecular weight is 571 g/mol. The number of fused-ring (bicyclic) bond motifs is 2. The Hall–Kier alpha value is -4.13. The molecule has 1 saturated heterocycles. The van der Waals surface area contributed by atoms with E-state index in [1.54, 1.807) is 58.2 Å². The van der Waals surface area contributed by atoms with Crippen molar-refractivity contribution in [3.63, 3.8) is 0 Å². The first-order valence-corrected chi connectivity index (χ1v) is 14.5. The molecule has 0 bridgehead atoms. The summed E-state index contributed by atoms with van der Waals surface area (Å²) in [4.78, 5) is 31.4. The third-order valence-electron chi connectivity index (χ3n) is 7.01. The van der Waals surface area contributed by atoms with Gasteiger partial charge < -0.3 is 5.32 Å². The monoisotopic (exact) mass is 570 g/mol. The largest absolute Gasteiger partial charge is 0.315 e. The Morgan fingerprint density at radius 2 is 2.02 bits per heavy atom. The van der Waals surface area contributed by atoms with E-state index in [0.29, 0.717) is 29.2 Å². The fraction of sp³-hybridized carbons (Fsp3) is 0.214. The summed E-state index contributed by atoms with van der Waals surface area (Å²) in [6, 6.07) is 11.9. The highest BCUT2D eigenvalue weighted by Gasteiger charge is 2.32. The topological polar surface area (TPSA) is 102 Å². The number of nitrogens with one attached hydrogen (secondary N) is 1. The number of pyridine rings is 2. The number of hydrogen-bond donors (Lipinski definition) is 1. The molecule has 0 saturated carbocycles. The summed E-state index contributed by atoms with van der Waals surface area (Å²) >= 11 is 3.26. The van der Waals surface area contributed by atoms with E-state index >= 15 is 4.39 Å². The van der Waals surface area contributed by atoms with Crippen LogP contribution in [0.5, 0.6) is 0 Å². The minimum atomic E-state index is -0.644. The van der Waals surface area contributed by atoms with Gasteiger partial charge in [-0.3, -0.25) is 9.69 Å². The van der Waals surface area contributed by atoms with E-state index in [4.69, 9.17) is 0 Å². The Morgan fingerprint density at radius 1 is 1.10 bits per heavy atom. The van der Waals surface area contributed by atoms with Crippen LogP contribution in [0.15, 0.2) is 61.1 Å². The highest BCUT2D eigenvalue weighted by Crippen LogP contribution is 2.40. The number of anilines is 1. The maximum Gasteiger partial charge on any atom is 0.262 e. The van der Waals surface area contributed by atoms with Gasteiger partial charge in [0.1, 0.15) is 17.2 Å². The summed E-state index contributed by atoms with van der Waals surface area (Å²) in [7, 11) is 0. The van der Waals surface area contributed by atoms with Gasteiger partial charge in [-0.1, -0.05) is 5.21 Å². The molecular weight excluding hydrogens is 547 g/mol. The number of carbonyl (C=O) groups excluding carboxylic acids is 1. The van der Waals surface area contributed by atoms with Crippen molar-refractivity contribution in [3.05, 3.63) is 77.4 Å². The first-order chi connectivity index (χ1) is 19.6. The first-order valence-electron chi connectivity index (χ1n) is 12.9.